The Kier molecular flexibility index (Phi) is 7.86. The lowest BCUT2D eigenvalue weighted by Crippen LogP contribution is -2.37. The van der Waals surface area contributed by atoms with Crippen LogP contribution in [0.15, 0.2) is 23.2 Å². The number of aliphatic imine (C=N–C) groups is 1. The van der Waals surface area contributed by atoms with Gasteiger partial charge in [0, 0.05) is 27.7 Å². The number of anilines is 1. The van der Waals surface area contributed by atoms with Crippen LogP contribution in [0.2, 0.25) is 0 Å². The summed E-state index contributed by atoms with van der Waals surface area (Å²) in [5.41, 5.74) is 1.02. The fraction of sp³-hybridized carbons (Fsp3) is 0.684. The monoisotopic (exact) mass is 331 g/mol. The Labute approximate surface area is 147 Å². The number of hydrogen-bond acceptors (Lipinski definition) is 3. The minimum absolute atomic E-state index is 0.684. The Balaban J connectivity index is 1.64. The third-order valence-corrected chi connectivity index (χ3v) is 4.72. The van der Waals surface area contributed by atoms with Gasteiger partial charge in [-0.2, -0.15) is 0 Å². The van der Waals surface area contributed by atoms with Crippen molar-refractivity contribution in [2.45, 2.75) is 51.5 Å². The van der Waals surface area contributed by atoms with E-state index in [1.165, 1.54) is 44.9 Å². The molecule has 2 rings (SSSR count). The van der Waals surface area contributed by atoms with Crippen LogP contribution in [0.3, 0.4) is 0 Å². The van der Waals surface area contributed by atoms with Crippen molar-refractivity contribution >= 4 is 11.8 Å². The summed E-state index contributed by atoms with van der Waals surface area (Å²) in [6, 6.07) is 6.09. The van der Waals surface area contributed by atoms with Gasteiger partial charge in [-0.1, -0.05) is 44.6 Å². The van der Waals surface area contributed by atoms with Gasteiger partial charge in [-0.05, 0) is 24.5 Å². The van der Waals surface area contributed by atoms with E-state index in [2.05, 4.69) is 20.6 Å². The quantitative estimate of drug-likeness (QED) is 0.436. The van der Waals surface area contributed by atoms with Crippen LogP contribution in [-0.2, 0) is 6.54 Å². The molecule has 0 aromatic carbocycles. The third kappa shape index (κ3) is 6.38. The summed E-state index contributed by atoms with van der Waals surface area (Å²) in [6.07, 6.45) is 9.73. The number of aromatic nitrogens is 1. The summed E-state index contributed by atoms with van der Waals surface area (Å²) in [4.78, 5) is 10.9. The number of unbranched alkanes of at least 4 members (excludes halogenated alkanes) is 1. The zero-order valence-electron chi connectivity index (χ0n) is 15.5. The number of rotatable bonds is 8. The molecule has 0 unspecified atom stereocenters. The Bertz CT molecular complexity index is 506. The molecule has 1 aliphatic carbocycles. The highest BCUT2D eigenvalue weighted by Gasteiger charge is 2.13. The number of pyridine rings is 1. The Morgan fingerprint density at radius 3 is 2.71 bits per heavy atom. The number of nitrogens with zero attached hydrogens (tertiary/aromatic N) is 3. The fourth-order valence-electron chi connectivity index (χ4n) is 3.27. The molecule has 0 saturated heterocycles. The van der Waals surface area contributed by atoms with Crippen molar-refractivity contribution in [3.05, 3.63) is 23.9 Å². The second kappa shape index (κ2) is 10.2. The highest BCUT2D eigenvalue weighted by atomic mass is 15.2. The van der Waals surface area contributed by atoms with Crippen LogP contribution in [-0.4, -0.2) is 38.6 Å². The highest BCUT2D eigenvalue weighted by molar-refractivity contribution is 5.79. The molecule has 5 nitrogen and oxygen atoms in total. The van der Waals surface area contributed by atoms with E-state index in [0.717, 1.165) is 29.9 Å². The molecular weight excluding hydrogens is 298 g/mol. The van der Waals surface area contributed by atoms with Crippen LogP contribution < -0.4 is 15.5 Å². The SMILES string of the molecule is CN=C(NCCCCC1CCCC1)NCc1cccc(N(C)C)n1. The first-order valence-electron chi connectivity index (χ1n) is 9.27. The topological polar surface area (TPSA) is 52.6 Å². The van der Waals surface area contributed by atoms with E-state index in [-0.39, 0.29) is 0 Å². The number of guanidine groups is 1. The van der Waals surface area contributed by atoms with Gasteiger partial charge >= 0.3 is 0 Å². The van der Waals surface area contributed by atoms with Crippen molar-refractivity contribution in [3.63, 3.8) is 0 Å². The minimum atomic E-state index is 0.684. The van der Waals surface area contributed by atoms with Gasteiger partial charge in [-0.15, -0.1) is 0 Å². The minimum Gasteiger partial charge on any atom is -0.363 e. The predicted molar refractivity (Wildman–Crippen MR) is 103 cm³/mol. The summed E-state index contributed by atoms with van der Waals surface area (Å²) in [5, 5.41) is 6.74. The zero-order chi connectivity index (χ0) is 17.2. The Hall–Kier alpha value is -1.78. The molecule has 1 fully saturated rings. The molecular formula is C19H33N5. The molecule has 0 amide bonds. The maximum absolute atomic E-state index is 4.61. The molecule has 1 heterocycles. The molecule has 0 spiro atoms. The second-order valence-electron chi connectivity index (χ2n) is 6.88. The van der Waals surface area contributed by atoms with Gasteiger partial charge in [-0.25, -0.2) is 4.98 Å². The van der Waals surface area contributed by atoms with Gasteiger partial charge in [0.1, 0.15) is 5.82 Å². The lowest BCUT2D eigenvalue weighted by molar-refractivity contribution is 0.472. The first kappa shape index (κ1) is 18.6. The largest absolute Gasteiger partial charge is 0.363 e. The second-order valence-corrected chi connectivity index (χ2v) is 6.88. The van der Waals surface area contributed by atoms with E-state index in [0.29, 0.717) is 6.54 Å². The van der Waals surface area contributed by atoms with Gasteiger partial charge in [0.25, 0.3) is 0 Å². The summed E-state index contributed by atoms with van der Waals surface area (Å²) in [6.45, 7) is 1.67. The van der Waals surface area contributed by atoms with Gasteiger partial charge in [0.15, 0.2) is 5.96 Å². The van der Waals surface area contributed by atoms with Gasteiger partial charge in [-0.3, -0.25) is 4.99 Å². The third-order valence-electron chi connectivity index (χ3n) is 4.72. The van der Waals surface area contributed by atoms with Crippen LogP contribution in [0.5, 0.6) is 0 Å². The van der Waals surface area contributed by atoms with Crippen molar-refractivity contribution in [2.24, 2.45) is 10.9 Å². The van der Waals surface area contributed by atoms with Crippen LogP contribution in [0.25, 0.3) is 0 Å². The fourth-order valence-corrected chi connectivity index (χ4v) is 3.27. The lowest BCUT2D eigenvalue weighted by Gasteiger charge is -2.14. The van der Waals surface area contributed by atoms with E-state index in [1.54, 1.807) is 0 Å². The van der Waals surface area contributed by atoms with Crippen LogP contribution >= 0.6 is 0 Å². The summed E-state index contributed by atoms with van der Waals surface area (Å²) >= 11 is 0. The highest BCUT2D eigenvalue weighted by Crippen LogP contribution is 2.28. The molecule has 1 aliphatic rings. The summed E-state index contributed by atoms with van der Waals surface area (Å²) in [7, 11) is 5.83. The molecule has 0 radical (unpaired) electrons. The molecule has 0 bridgehead atoms. The molecule has 0 atom stereocenters. The maximum atomic E-state index is 4.61. The van der Waals surface area contributed by atoms with Gasteiger partial charge in [0.05, 0.1) is 12.2 Å². The lowest BCUT2D eigenvalue weighted by atomic mass is 10.0. The van der Waals surface area contributed by atoms with E-state index < -0.39 is 0 Å². The van der Waals surface area contributed by atoms with Crippen molar-refractivity contribution < 1.29 is 0 Å². The summed E-state index contributed by atoms with van der Waals surface area (Å²) in [5.74, 6) is 2.83. The molecule has 5 heteroatoms. The van der Waals surface area contributed by atoms with Crippen LogP contribution in [0.4, 0.5) is 5.82 Å². The average molecular weight is 332 g/mol. The number of hydrogen-bond donors (Lipinski definition) is 2. The van der Waals surface area contributed by atoms with Crippen molar-refractivity contribution in [2.75, 3.05) is 32.6 Å². The van der Waals surface area contributed by atoms with Crippen molar-refractivity contribution in [1.29, 1.82) is 0 Å². The first-order chi connectivity index (χ1) is 11.7. The average Bonchev–Trinajstić information content (AvgIpc) is 3.11. The van der Waals surface area contributed by atoms with E-state index >= 15 is 0 Å². The molecule has 134 valence electrons. The molecule has 24 heavy (non-hydrogen) atoms. The van der Waals surface area contributed by atoms with E-state index in [9.17, 15) is 0 Å². The van der Waals surface area contributed by atoms with E-state index in [1.807, 2.05) is 44.2 Å². The standard InChI is InChI=1S/C19H33N5/c1-20-19(21-14-7-6-11-16-9-4-5-10-16)22-15-17-12-8-13-18(23-17)24(2)3/h8,12-13,16H,4-7,9-11,14-15H2,1-3H3,(H2,20,21,22). The molecule has 1 saturated carbocycles. The molecule has 2 N–H and O–H groups in total. The van der Waals surface area contributed by atoms with Crippen molar-refractivity contribution in [3.8, 4) is 0 Å². The van der Waals surface area contributed by atoms with Crippen LogP contribution in [0, 0.1) is 5.92 Å². The van der Waals surface area contributed by atoms with Crippen LogP contribution in [0.1, 0.15) is 50.6 Å². The Morgan fingerprint density at radius 1 is 1.21 bits per heavy atom. The maximum Gasteiger partial charge on any atom is 0.191 e. The molecule has 0 aliphatic heterocycles. The summed E-state index contributed by atoms with van der Waals surface area (Å²) < 4.78 is 0. The predicted octanol–water partition coefficient (Wildman–Crippen LogP) is 3.17. The molecule has 1 aromatic rings. The van der Waals surface area contributed by atoms with Gasteiger partial charge < -0.3 is 15.5 Å². The smallest absolute Gasteiger partial charge is 0.191 e. The normalized spacial score (nSPS) is 15.5. The zero-order valence-corrected chi connectivity index (χ0v) is 15.5. The Morgan fingerprint density at radius 2 is 2.00 bits per heavy atom. The first-order valence-corrected chi connectivity index (χ1v) is 9.27. The van der Waals surface area contributed by atoms with E-state index in [4.69, 9.17) is 0 Å². The van der Waals surface area contributed by atoms with Gasteiger partial charge in [0.2, 0.25) is 0 Å². The molecule has 1 aromatic heterocycles. The number of nitrogens with one attached hydrogen (secondary N) is 2. The van der Waals surface area contributed by atoms with Crippen molar-refractivity contribution in [1.82, 2.24) is 15.6 Å².